The topological polar surface area (TPSA) is 90.7 Å². The second-order valence-corrected chi connectivity index (χ2v) is 12.4. The number of hydrogen-bond donors (Lipinski definition) is 2. The lowest BCUT2D eigenvalue weighted by Crippen LogP contribution is -2.63. The summed E-state index contributed by atoms with van der Waals surface area (Å²) in [6.07, 6.45) is -0.804. The van der Waals surface area contributed by atoms with E-state index in [0.717, 1.165) is 32.5 Å². The van der Waals surface area contributed by atoms with Crippen molar-refractivity contribution in [2.75, 3.05) is 20.6 Å². The van der Waals surface area contributed by atoms with E-state index in [9.17, 15) is 19.8 Å². The number of aliphatic hydroxyl groups is 1. The van der Waals surface area contributed by atoms with E-state index in [4.69, 9.17) is 4.98 Å². The van der Waals surface area contributed by atoms with Gasteiger partial charge < -0.3 is 19.6 Å². The highest BCUT2D eigenvalue weighted by Crippen LogP contribution is 2.52. The van der Waals surface area contributed by atoms with Crippen LogP contribution in [0, 0.1) is 11.8 Å². The lowest BCUT2D eigenvalue weighted by Gasteiger charge is -2.46. The fourth-order valence-corrected chi connectivity index (χ4v) is 7.64. The van der Waals surface area contributed by atoms with E-state index < -0.39 is 18.0 Å². The summed E-state index contributed by atoms with van der Waals surface area (Å²) in [7, 11) is 4.42. The van der Waals surface area contributed by atoms with E-state index in [1.807, 2.05) is 12.3 Å². The summed E-state index contributed by atoms with van der Waals surface area (Å²) >= 11 is 4.54. The number of nitrogens with zero attached hydrogens (tertiary/aromatic N) is 3. The number of thiophene rings is 1. The van der Waals surface area contributed by atoms with E-state index in [-0.39, 0.29) is 23.6 Å². The van der Waals surface area contributed by atoms with Gasteiger partial charge in [0.05, 0.1) is 54.2 Å². The summed E-state index contributed by atoms with van der Waals surface area (Å²) in [5.41, 5.74) is 0.920. The third kappa shape index (κ3) is 4.03. The number of carbonyl (C=O) groups excluding carboxylic acids is 1. The molecule has 0 unspecified atom stereocenters. The number of carboxylic acids is 1. The smallest absolute Gasteiger partial charge is 0.353 e. The van der Waals surface area contributed by atoms with Gasteiger partial charge in [-0.2, -0.15) is 0 Å². The Morgan fingerprint density at radius 3 is 2.72 bits per heavy atom. The molecular weight excluding hydrogens is 466 g/mol. The van der Waals surface area contributed by atoms with Gasteiger partial charge in [-0.25, -0.2) is 9.78 Å². The summed E-state index contributed by atoms with van der Waals surface area (Å²) in [6.45, 7) is 7.71. The predicted octanol–water partition coefficient (Wildman–Crippen LogP) is 3.71. The number of quaternary nitrogens is 1. The Labute approximate surface area is 200 Å². The van der Waals surface area contributed by atoms with Gasteiger partial charge in [-0.1, -0.05) is 18.7 Å². The molecule has 0 aliphatic carbocycles. The first-order chi connectivity index (χ1) is 15.0. The van der Waals surface area contributed by atoms with Gasteiger partial charge in [0, 0.05) is 16.2 Å². The molecule has 0 spiro atoms. The van der Waals surface area contributed by atoms with Crippen LogP contribution < -0.4 is 0 Å². The number of carboxylic acid groups (broad SMARTS) is 1. The number of fused-ring (bicyclic) bond motifs is 1. The zero-order valence-corrected chi connectivity index (χ0v) is 21.2. The SMILES string of the molecule is CC[N+](C)(C)Cc1ccc(-c2csc(SC3=C(C(=O)O)N4C(=O)[C@H]([C@@H](C)O)[C@H]4[C@H]3C)n2)s1. The van der Waals surface area contributed by atoms with Crippen LogP contribution in [0.15, 0.2) is 32.5 Å². The predicted molar refractivity (Wildman–Crippen MR) is 127 cm³/mol. The van der Waals surface area contributed by atoms with Crippen LogP contribution in [-0.2, 0) is 16.1 Å². The molecule has 0 radical (unpaired) electrons. The maximum absolute atomic E-state index is 12.5. The van der Waals surface area contributed by atoms with E-state index in [1.54, 1.807) is 18.3 Å². The van der Waals surface area contributed by atoms with Crippen molar-refractivity contribution in [1.29, 1.82) is 0 Å². The van der Waals surface area contributed by atoms with Gasteiger partial charge in [0.1, 0.15) is 12.2 Å². The number of thioether (sulfide) groups is 1. The molecule has 0 saturated carbocycles. The number of rotatable bonds is 8. The molecule has 2 aromatic rings. The molecule has 1 saturated heterocycles. The van der Waals surface area contributed by atoms with E-state index in [0.29, 0.717) is 4.91 Å². The van der Waals surface area contributed by atoms with Crippen LogP contribution in [0.3, 0.4) is 0 Å². The number of aliphatic carboxylic acids is 1. The number of carbonyl (C=O) groups is 2. The molecular formula is C22H28N3O4S3+. The Bertz CT molecular complexity index is 1090. The Morgan fingerprint density at radius 1 is 1.38 bits per heavy atom. The Kier molecular flexibility index (Phi) is 6.28. The van der Waals surface area contributed by atoms with Crippen molar-refractivity contribution in [3.05, 3.63) is 33.0 Å². The summed E-state index contributed by atoms with van der Waals surface area (Å²) in [5, 5.41) is 21.8. The average Bonchev–Trinajstić information content (AvgIpc) is 3.40. The van der Waals surface area contributed by atoms with Crippen molar-refractivity contribution in [3.63, 3.8) is 0 Å². The molecule has 4 atom stereocenters. The first-order valence-electron chi connectivity index (χ1n) is 10.6. The standard InChI is InChI=1S/C22H27N3O4S3/c1-6-25(4,5)9-13-7-8-15(31-13)14-10-30-22(23-14)32-19-11(2)17-16(12(3)26)20(27)24(17)18(19)21(28)29/h7-8,10-12,16-17,26H,6,9H2,1-5H3/p+1/t11-,12-,16-,17-/m1/s1. The van der Waals surface area contributed by atoms with Gasteiger partial charge >= 0.3 is 5.97 Å². The minimum atomic E-state index is -1.12. The number of hydrogen-bond acceptors (Lipinski definition) is 7. The van der Waals surface area contributed by atoms with Gasteiger partial charge in [0.15, 0.2) is 4.34 Å². The van der Waals surface area contributed by atoms with Crippen LogP contribution in [0.4, 0.5) is 0 Å². The fraction of sp³-hybridized carbons (Fsp3) is 0.500. The van der Waals surface area contributed by atoms with Crippen molar-refractivity contribution in [2.24, 2.45) is 11.8 Å². The Hall–Kier alpha value is -1.72. The molecule has 1 fully saturated rings. The summed E-state index contributed by atoms with van der Waals surface area (Å²) in [6, 6.07) is 3.94. The fourth-order valence-electron chi connectivity index (χ4n) is 4.30. The maximum Gasteiger partial charge on any atom is 0.353 e. The minimum absolute atomic E-state index is 0.0316. The molecule has 2 aliphatic heterocycles. The summed E-state index contributed by atoms with van der Waals surface area (Å²) < 4.78 is 1.68. The molecule has 32 heavy (non-hydrogen) atoms. The van der Waals surface area contributed by atoms with Crippen molar-refractivity contribution in [2.45, 2.75) is 43.8 Å². The monoisotopic (exact) mass is 494 g/mol. The summed E-state index contributed by atoms with van der Waals surface area (Å²) in [4.78, 5) is 33.6. The normalized spacial score (nSPS) is 24.0. The third-order valence-corrected chi connectivity index (χ3v) is 9.66. The first-order valence-corrected chi connectivity index (χ1v) is 13.1. The summed E-state index contributed by atoms with van der Waals surface area (Å²) in [5.74, 6) is -2.16. The third-order valence-electron chi connectivity index (χ3n) is 6.35. The Balaban J connectivity index is 1.55. The minimum Gasteiger partial charge on any atom is -0.477 e. The van der Waals surface area contributed by atoms with Crippen molar-refractivity contribution in [3.8, 4) is 10.6 Å². The molecule has 4 rings (SSSR count). The van der Waals surface area contributed by atoms with Crippen LogP contribution in [0.1, 0.15) is 25.6 Å². The zero-order valence-electron chi connectivity index (χ0n) is 18.7. The van der Waals surface area contributed by atoms with Gasteiger partial charge in [-0.3, -0.25) is 4.79 Å². The largest absolute Gasteiger partial charge is 0.477 e. The van der Waals surface area contributed by atoms with Crippen LogP contribution in [0.2, 0.25) is 0 Å². The molecule has 10 heteroatoms. The van der Waals surface area contributed by atoms with Gasteiger partial charge in [0.2, 0.25) is 5.91 Å². The lowest BCUT2D eigenvalue weighted by atomic mass is 9.79. The molecule has 2 N–H and O–H groups in total. The molecule has 0 bridgehead atoms. The zero-order chi connectivity index (χ0) is 23.4. The number of aromatic nitrogens is 1. The highest BCUT2D eigenvalue weighted by Gasteiger charge is 2.60. The van der Waals surface area contributed by atoms with E-state index in [2.05, 4.69) is 33.2 Å². The van der Waals surface area contributed by atoms with Crippen molar-refractivity contribution in [1.82, 2.24) is 9.88 Å². The van der Waals surface area contributed by atoms with Crippen molar-refractivity contribution >= 4 is 46.3 Å². The number of thiazole rings is 1. The van der Waals surface area contributed by atoms with Crippen LogP contribution in [0.25, 0.3) is 10.6 Å². The molecule has 2 aromatic heterocycles. The number of amides is 1. The highest BCUT2D eigenvalue weighted by atomic mass is 32.2. The molecule has 7 nitrogen and oxygen atoms in total. The quantitative estimate of drug-likeness (QED) is 0.429. The molecule has 172 valence electrons. The van der Waals surface area contributed by atoms with Crippen molar-refractivity contribution < 1.29 is 24.3 Å². The van der Waals surface area contributed by atoms with Gasteiger partial charge in [-0.05, 0) is 26.0 Å². The average molecular weight is 495 g/mol. The second-order valence-electron chi connectivity index (χ2n) is 9.05. The first kappa shape index (κ1) is 23.4. The maximum atomic E-state index is 12.5. The Morgan fingerprint density at radius 2 is 2.09 bits per heavy atom. The molecule has 1 amide bonds. The molecule has 2 aliphatic rings. The van der Waals surface area contributed by atoms with Gasteiger partial charge in [-0.15, -0.1) is 22.7 Å². The van der Waals surface area contributed by atoms with E-state index in [1.165, 1.54) is 32.9 Å². The highest BCUT2D eigenvalue weighted by molar-refractivity contribution is 8.04. The van der Waals surface area contributed by atoms with Gasteiger partial charge in [0.25, 0.3) is 0 Å². The molecule has 0 aromatic carbocycles. The lowest BCUT2D eigenvalue weighted by molar-refractivity contribution is -0.901. The van der Waals surface area contributed by atoms with Crippen LogP contribution >= 0.6 is 34.4 Å². The number of β-lactam (4-membered cyclic amide) rings is 1. The molecule has 4 heterocycles. The second kappa shape index (κ2) is 8.57. The van der Waals surface area contributed by atoms with Crippen LogP contribution in [-0.4, -0.2) is 69.2 Å². The van der Waals surface area contributed by atoms with E-state index >= 15 is 0 Å². The number of aliphatic hydroxyl groups excluding tert-OH is 1. The van der Waals surface area contributed by atoms with Crippen LogP contribution in [0.5, 0.6) is 0 Å².